The van der Waals surface area contributed by atoms with Crippen molar-refractivity contribution < 1.29 is 71.9 Å². The van der Waals surface area contributed by atoms with E-state index in [1.807, 2.05) is 0 Å². The van der Waals surface area contributed by atoms with Crippen molar-refractivity contribution in [2.45, 2.75) is 46.5 Å². The van der Waals surface area contributed by atoms with Gasteiger partial charge in [0.05, 0.1) is 0 Å². The Hall–Kier alpha value is -1.88. The molecule has 0 nitrogen and oxygen atoms in total. The Bertz CT molecular complexity index is 1910. The summed E-state index contributed by atoms with van der Waals surface area (Å²) in [5.41, 5.74) is 15.8. The Morgan fingerprint density at radius 1 is 0.569 bits per heavy atom. The van der Waals surface area contributed by atoms with Crippen LogP contribution in [0.15, 0.2) is 156 Å². The number of fused-ring (bicyclic) bond motifs is 7. The van der Waals surface area contributed by atoms with Crippen molar-refractivity contribution in [3.05, 3.63) is 185 Å². The molecule has 0 aliphatic heterocycles. The normalized spacial score (nSPS) is 14.1. The maximum atomic E-state index is 4.93. The monoisotopic (exact) mass is 900 g/mol. The molecule has 0 heterocycles. The van der Waals surface area contributed by atoms with Gasteiger partial charge in [0.1, 0.15) is 0 Å². The summed E-state index contributed by atoms with van der Waals surface area (Å²) in [5, 5.41) is 2.66. The molecule has 9 rings (SSSR count). The third-order valence-electron chi connectivity index (χ3n) is 10.2. The van der Waals surface area contributed by atoms with Crippen LogP contribution in [0.4, 0.5) is 0 Å². The quantitative estimate of drug-likeness (QED) is 0.149. The second-order valence-corrected chi connectivity index (χ2v) is 16.9. The van der Waals surface area contributed by atoms with Gasteiger partial charge in [0.15, 0.2) is 0 Å². The molecule has 0 unspecified atom stereocenters. The van der Waals surface area contributed by atoms with Gasteiger partial charge in [-0.3, -0.25) is 6.08 Å². The Morgan fingerprint density at radius 3 is 1.24 bits per heavy atom. The molecule has 6 aromatic rings. The fourth-order valence-electron chi connectivity index (χ4n) is 7.58. The van der Waals surface area contributed by atoms with Crippen LogP contribution in [0.25, 0.3) is 33.0 Å². The first-order valence-corrected chi connectivity index (χ1v) is 22.8. The summed E-state index contributed by atoms with van der Waals surface area (Å²) < 4.78 is 0. The first-order chi connectivity index (χ1) is 23.3. The molecule has 51 heavy (non-hydrogen) atoms. The maximum Gasteiger partial charge on any atom is 3.00 e. The van der Waals surface area contributed by atoms with Crippen LogP contribution in [0.1, 0.15) is 68.7 Å². The summed E-state index contributed by atoms with van der Waals surface area (Å²) in [6, 6.07) is 50.5. The van der Waals surface area contributed by atoms with Gasteiger partial charge in [-0.15, -0.1) is 36.6 Å². The van der Waals surface area contributed by atoms with Crippen LogP contribution in [0.3, 0.4) is 0 Å². The van der Waals surface area contributed by atoms with E-state index in [1.165, 1.54) is 72.0 Å². The van der Waals surface area contributed by atoms with E-state index in [0.717, 1.165) is 0 Å². The van der Waals surface area contributed by atoms with E-state index in [1.54, 1.807) is 0 Å². The van der Waals surface area contributed by atoms with Gasteiger partial charge in [0.2, 0.25) is 0 Å². The molecule has 0 aromatic heterocycles. The fraction of sp³-hybridized carbons (Fsp3) is 0.178. The molecule has 257 valence electrons. The number of hydrogen-bond acceptors (Lipinski definition) is 0. The van der Waals surface area contributed by atoms with E-state index in [9.17, 15) is 0 Å². The summed E-state index contributed by atoms with van der Waals surface area (Å²) in [6.45, 7) is 10.9. The third-order valence-corrected chi connectivity index (χ3v) is 10.2. The van der Waals surface area contributed by atoms with Gasteiger partial charge >= 0.3 is 64.1 Å². The van der Waals surface area contributed by atoms with Crippen LogP contribution in [0.2, 0.25) is 0 Å². The molecular weight excluding hydrogens is 865 g/mol. The molecule has 6 aromatic carbocycles. The Balaban J connectivity index is 0.000000234. The average Bonchev–Trinajstić information content (AvgIpc) is 3.84. The topological polar surface area (TPSA) is 0 Å². The second-order valence-electron chi connectivity index (χ2n) is 13.2. The van der Waals surface area contributed by atoms with Crippen molar-refractivity contribution in [2.75, 3.05) is 0 Å². The molecule has 0 fully saturated rings. The van der Waals surface area contributed by atoms with E-state index in [0.29, 0.717) is 11.8 Å². The van der Waals surface area contributed by atoms with Crippen LogP contribution < -0.4 is 24.8 Å². The zero-order valence-electron chi connectivity index (χ0n) is 29.4. The fourth-order valence-corrected chi connectivity index (χ4v) is 7.58. The van der Waals surface area contributed by atoms with Crippen LogP contribution in [-0.4, -0.2) is 0 Å². The van der Waals surface area contributed by atoms with E-state index in [4.69, 9.17) is 17.0 Å². The van der Waals surface area contributed by atoms with Crippen molar-refractivity contribution in [3.63, 3.8) is 0 Å². The molecular formula is C45H40Cl4Zr2-. The average molecular weight is 905 g/mol. The molecule has 3 aliphatic carbocycles. The van der Waals surface area contributed by atoms with Crippen molar-refractivity contribution in [2.24, 2.45) is 5.41 Å². The van der Waals surface area contributed by atoms with Crippen molar-refractivity contribution in [3.8, 4) is 22.3 Å². The SMILES string of the molecule is CC1=[C-]C(C)(C)C(C)=C1C.[Cl-].[Cl-].[Cl][Zr][Cl].[Zr+3].c1ccc2[cH-]ccc2c1.c1ccc2c(c1)-c1ccccc1C2C1c2ccccc2-c2ccccc21. The zero-order chi connectivity index (χ0) is 33.8. The number of halogens is 4. The first-order valence-electron chi connectivity index (χ1n) is 16.5. The Kier molecular flexibility index (Phi) is 16.6. The molecule has 0 spiro atoms. The van der Waals surface area contributed by atoms with Crippen molar-refractivity contribution in [1.29, 1.82) is 0 Å². The standard InChI is InChI=1S/C26H18.C10H15.C9H7.4ClH.2Zr/c1-5-13-21-17(9-1)18-10-2-6-14-22(18)25(21)26-23-15-7-3-11-19(23)20-12-4-8-16-24(20)26;1-7-6-10(4,5)9(3)8(7)2;1-2-5-9-7-3-6-8(9)4-1;;;;;;/h1-16,25-26H;1-5H3;1-7H;4*1H;;/q;2*-1;;;;;+2;+3/p-4. The van der Waals surface area contributed by atoms with Gasteiger partial charge in [-0.25, -0.2) is 5.57 Å². The van der Waals surface area contributed by atoms with Gasteiger partial charge in [-0.2, -0.15) is 28.7 Å². The molecule has 0 N–H and O–H groups in total. The first kappa shape index (κ1) is 43.5. The molecule has 0 amide bonds. The number of rotatable bonds is 1. The van der Waals surface area contributed by atoms with Gasteiger partial charge < -0.3 is 24.8 Å². The summed E-state index contributed by atoms with van der Waals surface area (Å²) >= 11 is -0.826. The van der Waals surface area contributed by atoms with Crippen LogP contribution in [-0.2, 0) is 47.1 Å². The van der Waals surface area contributed by atoms with Crippen LogP contribution >= 0.6 is 17.0 Å². The van der Waals surface area contributed by atoms with E-state index in [-0.39, 0.29) is 56.4 Å². The summed E-state index contributed by atoms with van der Waals surface area (Å²) in [6.07, 6.45) is 3.44. The molecule has 0 saturated heterocycles. The van der Waals surface area contributed by atoms with Crippen LogP contribution in [0.5, 0.6) is 0 Å². The number of benzene rings is 5. The Labute approximate surface area is 354 Å². The second kappa shape index (κ2) is 19.4. The van der Waals surface area contributed by atoms with Gasteiger partial charge in [0.25, 0.3) is 0 Å². The molecule has 6 heteroatoms. The minimum Gasteiger partial charge on any atom is -0.168 e. The number of allylic oxidation sites excluding steroid dienone is 4. The van der Waals surface area contributed by atoms with E-state index in [2.05, 4.69) is 180 Å². The predicted octanol–water partition coefficient (Wildman–Crippen LogP) is 7.66. The predicted molar refractivity (Wildman–Crippen MR) is 203 cm³/mol. The Morgan fingerprint density at radius 2 is 0.922 bits per heavy atom. The van der Waals surface area contributed by atoms with Gasteiger partial charge in [-0.05, 0) is 44.5 Å². The summed E-state index contributed by atoms with van der Waals surface area (Å²) in [4.78, 5) is 0. The van der Waals surface area contributed by atoms with Crippen molar-refractivity contribution in [1.82, 2.24) is 0 Å². The molecule has 0 bridgehead atoms. The minimum absolute atomic E-state index is 0. The van der Waals surface area contributed by atoms with Crippen LogP contribution in [0, 0.1) is 11.5 Å². The number of hydrogen-bond donors (Lipinski definition) is 0. The van der Waals surface area contributed by atoms with E-state index < -0.39 is 20.8 Å². The minimum atomic E-state index is -0.826. The third kappa shape index (κ3) is 9.09. The maximum absolute atomic E-state index is 4.93. The van der Waals surface area contributed by atoms with E-state index >= 15 is 0 Å². The van der Waals surface area contributed by atoms with Gasteiger partial charge in [0, 0.05) is 11.8 Å². The molecule has 1 radical (unpaired) electrons. The van der Waals surface area contributed by atoms with Crippen molar-refractivity contribution >= 4 is 27.8 Å². The summed E-state index contributed by atoms with van der Waals surface area (Å²) in [5.74, 6) is 0.763. The molecule has 3 aliphatic rings. The molecule has 0 atom stereocenters. The smallest absolute Gasteiger partial charge is 0.168 e. The van der Waals surface area contributed by atoms with Gasteiger partial charge in [-0.1, -0.05) is 136 Å². The largest absolute Gasteiger partial charge is 3.00 e. The molecule has 0 saturated carbocycles. The zero-order valence-corrected chi connectivity index (χ0v) is 37.4. The summed E-state index contributed by atoms with van der Waals surface area (Å²) in [7, 11) is 9.87.